The van der Waals surface area contributed by atoms with Crippen molar-refractivity contribution in [1.82, 2.24) is 15.3 Å². The SMILES string of the molecule is CN(C)c1nccc(NC2CCCCNC2)n1. The Labute approximate surface area is 103 Å². The molecule has 1 aromatic rings. The van der Waals surface area contributed by atoms with E-state index >= 15 is 0 Å². The molecule has 1 aliphatic rings. The molecule has 17 heavy (non-hydrogen) atoms. The topological polar surface area (TPSA) is 53.1 Å². The van der Waals surface area contributed by atoms with Crippen molar-refractivity contribution in [2.75, 3.05) is 37.4 Å². The number of aromatic nitrogens is 2. The minimum Gasteiger partial charge on any atom is -0.366 e. The summed E-state index contributed by atoms with van der Waals surface area (Å²) in [6.45, 7) is 2.15. The van der Waals surface area contributed by atoms with Gasteiger partial charge in [-0.2, -0.15) is 4.98 Å². The average molecular weight is 235 g/mol. The zero-order valence-corrected chi connectivity index (χ0v) is 10.6. The van der Waals surface area contributed by atoms with E-state index in [0.29, 0.717) is 6.04 Å². The van der Waals surface area contributed by atoms with E-state index in [1.54, 1.807) is 6.20 Å². The molecule has 94 valence electrons. The second-order valence-corrected chi connectivity index (χ2v) is 4.68. The monoisotopic (exact) mass is 235 g/mol. The van der Waals surface area contributed by atoms with Gasteiger partial charge in [0.25, 0.3) is 0 Å². The number of nitrogens with zero attached hydrogens (tertiary/aromatic N) is 3. The lowest BCUT2D eigenvalue weighted by Gasteiger charge is -2.18. The van der Waals surface area contributed by atoms with Crippen LogP contribution in [0.15, 0.2) is 12.3 Å². The second-order valence-electron chi connectivity index (χ2n) is 4.68. The molecule has 0 bridgehead atoms. The van der Waals surface area contributed by atoms with Crippen LogP contribution in [0.25, 0.3) is 0 Å². The molecule has 0 aromatic carbocycles. The third kappa shape index (κ3) is 3.56. The molecule has 0 spiro atoms. The number of hydrogen-bond acceptors (Lipinski definition) is 5. The molecule has 1 aliphatic heterocycles. The number of nitrogens with one attached hydrogen (secondary N) is 2. The van der Waals surface area contributed by atoms with E-state index in [2.05, 4.69) is 20.6 Å². The Morgan fingerprint density at radius 3 is 3.12 bits per heavy atom. The van der Waals surface area contributed by atoms with Gasteiger partial charge in [0.05, 0.1) is 0 Å². The molecule has 0 amide bonds. The first kappa shape index (κ1) is 12.1. The van der Waals surface area contributed by atoms with Crippen molar-refractivity contribution < 1.29 is 0 Å². The summed E-state index contributed by atoms with van der Waals surface area (Å²) in [7, 11) is 3.90. The Hall–Kier alpha value is -1.36. The van der Waals surface area contributed by atoms with Crippen molar-refractivity contribution in [2.24, 2.45) is 0 Å². The molecular formula is C12H21N5. The van der Waals surface area contributed by atoms with Gasteiger partial charge in [-0.15, -0.1) is 0 Å². The Balaban J connectivity index is 1.99. The zero-order chi connectivity index (χ0) is 12.1. The van der Waals surface area contributed by atoms with Crippen molar-refractivity contribution in [3.05, 3.63) is 12.3 Å². The lowest BCUT2D eigenvalue weighted by molar-refractivity contribution is 0.633. The van der Waals surface area contributed by atoms with Crippen molar-refractivity contribution >= 4 is 11.8 Å². The molecule has 5 nitrogen and oxygen atoms in total. The summed E-state index contributed by atoms with van der Waals surface area (Å²) in [5, 5.41) is 6.91. The van der Waals surface area contributed by atoms with Gasteiger partial charge in [0, 0.05) is 32.9 Å². The molecule has 1 fully saturated rings. The van der Waals surface area contributed by atoms with Crippen molar-refractivity contribution in [3.63, 3.8) is 0 Å². The van der Waals surface area contributed by atoms with E-state index < -0.39 is 0 Å². The molecule has 2 rings (SSSR count). The fourth-order valence-corrected chi connectivity index (χ4v) is 2.00. The molecule has 1 aromatic heterocycles. The van der Waals surface area contributed by atoms with E-state index in [0.717, 1.165) is 24.9 Å². The third-order valence-corrected chi connectivity index (χ3v) is 2.94. The maximum absolute atomic E-state index is 4.47. The summed E-state index contributed by atoms with van der Waals surface area (Å²) in [6, 6.07) is 2.40. The quantitative estimate of drug-likeness (QED) is 0.821. The van der Waals surface area contributed by atoms with Crippen LogP contribution in [-0.2, 0) is 0 Å². The van der Waals surface area contributed by atoms with Crippen molar-refractivity contribution in [3.8, 4) is 0 Å². The van der Waals surface area contributed by atoms with Gasteiger partial charge in [0.1, 0.15) is 5.82 Å². The van der Waals surface area contributed by atoms with Gasteiger partial charge in [-0.25, -0.2) is 4.98 Å². The highest BCUT2D eigenvalue weighted by atomic mass is 15.2. The molecule has 0 aliphatic carbocycles. The van der Waals surface area contributed by atoms with Gasteiger partial charge in [0.2, 0.25) is 5.95 Å². The lowest BCUT2D eigenvalue weighted by atomic mass is 10.1. The van der Waals surface area contributed by atoms with Crippen LogP contribution in [0, 0.1) is 0 Å². The fraction of sp³-hybridized carbons (Fsp3) is 0.667. The standard InChI is InChI=1S/C12H21N5/c1-17(2)12-14-8-6-11(16-12)15-10-5-3-4-7-13-9-10/h6,8,10,13H,3-5,7,9H2,1-2H3,(H,14,15,16). The van der Waals surface area contributed by atoms with E-state index in [-0.39, 0.29) is 0 Å². The van der Waals surface area contributed by atoms with E-state index in [4.69, 9.17) is 0 Å². The van der Waals surface area contributed by atoms with E-state index in [1.165, 1.54) is 19.3 Å². The summed E-state index contributed by atoms with van der Waals surface area (Å²) in [5.74, 6) is 1.66. The van der Waals surface area contributed by atoms with Crippen LogP contribution in [0.3, 0.4) is 0 Å². The van der Waals surface area contributed by atoms with Gasteiger partial charge < -0.3 is 15.5 Å². The Morgan fingerprint density at radius 1 is 1.41 bits per heavy atom. The first-order valence-electron chi connectivity index (χ1n) is 6.23. The van der Waals surface area contributed by atoms with E-state index in [9.17, 15) is 0 Å². The van der Waals surface area contributed by atoms with Crippen molar-refractivity contribution in [1.29, 1.82) is 0 Å². The minimum atomic E-state index is 0.474. The van der Waals surface area contributed by atoms with Crippen LogP contribution in [0.1, 0.15) is 19.3 Å². The lowest BCUT2D eigenvalue weighted by Crippen LogP contribution is -2.31. The molecule has 1 unspecified atom stereocenters. The van der Waals surface area contributed by atoms with Gasteiger partial charge in [0.15, 0.2) is 0 Å². The zero-order valence-electron chi connectivity index (χ0n) is 10.6. The van der Waals surface area contributed by atoms with Crippen LogP contribution in [-0.4, -0.2) is 43.2 Å². The second kappa shape index (κ2) is 5.82. The number of anilines is 2. The summed E-state index contributed by atoms with van der Waals surface area (Å²) < 4.78 is 0. The number of rotatable bonds is 3. The smallest absolute Gasteiger partial charge is 0.226 e. The van der Waals surface area contributed by atoms with Crippen molar-refractivity contribution in [2.45, 2.75) is 25.3 Å². The van der Waals surface area contributed by atoms with Gasteiger partial charge in [-0.1, -0.05) is 6.42 Å². The molecule has 2 heterocycles. The summed E-state index contributed by atoms with van der Waals surface area (Å²) in [6.07, 6.45) is 5.55. The largest absolute Gasteiger partial charge is 0.366 e. The normalized spacial score (nSPS) is 20.7. The molecular weight excluding hydrogens is 214 g/mol. The Kier molecular flexibility index (Phi) is 4.14. The molecule has 0 radical (unpaired) electrons. The van der Waals surface area contributed by atoms with E-state index in [1.807, 2.05) is 25.1 Å². The highest BCUT2D eigenvalue weighted by molar-refractivity contribution is 5.41. The first-order chi connectivity index (χ1) is 8.25. The van der Waals surface area contributed by atoms with Crippen LogP contribution in [0.5, 0.6) is 0 Å². The predicted octanol–water partition coefficient (Wildman–Crippen LogP) is 1.10. The highest BCUT2D eigenvalue weighted by Crippen LogP contribution is 2.12. The molecule has 2 N–H and O–H groups in total. The van der Waals surface area contributed by atoms with Crippen LogP contribution >= 0.6 is 0 Å². The fourth-order valence-electron chi connectivity index (χ4n) is 2.00. The minimum absolute atomic E-state index is 0.474. The highest BCUT2D eigenvalue weighted by Gasteiger charge is 2.12. The summed E-state index contributed by atoms with van der Waals surface area (Å²) >= 11 is 0. The van der Waals surface area contributed by atoms with Gasteiger partial charge in [-0.3, -0.25) is 0 Å². The van der Waals surface area contributed by atoms with Crippen LogP contribution in [0.4, 0.5) is 11.8 Å². The molecule has 5 heteroatoms. The average Bonchev–Trinajstić information content (AvgIpc) is 2.58. The molecule has 0 saturated carbocycles. The summed E-state index contributed by atoms with van der Waals surface area (Å²) in [4.78, 5) is 10.6. The Bertz CT molecular complexity index is 345. The van der Waals surface area contributed by atoms with Gasteiger partial charge in [-0.05, 0) is 25.5 Å². The summed E-state index contributed by atoms with van der Waals surface area (Å²) in [5.41, 5.74) is 0. The first-order valence-corrected chi connectivity index (χ1v) is 6.23. The Morgan fingerprint density at radius 2 is 2.29 bits per heavy atom. The third-order valence-electron chi connectivity index (χ3n) is 2.94. The number of hydrogen-bond donors (Lipinski definition) is 2. The maximum Gasteiger partial charge on any atom is 0.226 e. The predicted molar refractivity (Wildman–Crippen MR) is 70.5 cm³/mol. The molecule has 1 atom stereocenters. The maximum atomic E-state index is 4.47. The van der Waals surface area contributed by atoms with Crippen LogP contribution < -0.4 is 15.5 Å². The van der Waals surface area contributed by atoms with Gasteiger partial charge >= 0.3 is 0 Å². The van der Waals surface area contributed by atoms with Crippen LogP contribution in [0.2, 0.25) is 0 Å². The molecule has 1 saturated heterocycles.